The van der Waals surface area contributed by atoms with E-state index >= 15 is 0 Å². The van der Waals surface area contributed by atoms with Crippen molar-refractivity contribution in [1.29, 1.82) is 0 Å². The number of nitrogens with one attached hydrogen (secondary N) is 1. The molecule has 5 nitrogen and oxygen atoms in total. The largest absolute Gasteiger partial charge is 0.497 e. The monoisotopic (exact) mass is 319 g/mol. The molecule has 0 aliphatic carbocycles. The first-order valence-corrected chi connectivity index (χ1v) is 8.79. The molecule has 0 saturated heterocycles. The summed E-state index contributed by atoms with van der Waals surface area (Å²) in [5, 5.41) is 3.28. The molecule has 0 spiro atoms. The van der Waals surface area contributed by atoms with Gasteiger partial charge in [-0.3, -0.25) is 8.74 Å². The highest BCUT2D eigenvalue weighted by atomic mass is 32.9. The Morgan fingerprint density at radius 2 is 2.05 bits per heavy atom. The average Bonchev–Trinajstić information content (AvgIpc) is 2.42. The fourth-order valence-corrected chi connectivity index (χ4v) is 2.32. The van der Waals surface area contributed by atoms with Crippen LogP contribution in [0.25, 0.3) is 0 Å². The summed E-state index contributed by atoms with van der Waals surface area (Å²) in [7, 11) is -1.87. The molecular weight excluding hydrogens is 298 g/mol. The van der Waals surface area contributed by atoms with E-state index < -0.39 is 9.05 Å². The first-order valence-electron chi connectivity index (χ1n) is 6.42. The van der Waals surface area contributed by atoms with Gasteiger partial charge in [-0.2, -0.15) is 4.21 Å². The van der Waals surface area contributed by atoms with Gasteiger partial charge >= 0.3 is 0 Å². The minimum absolute atomic E-state index is 0.123. The number of rotatable bonds is 9. The summed E-state index contributed by atoms with van der Waals surface area (Å²) in [6.07, 6.45) is 1.83. The number of hydrogen-bond donors (Lipinski definition) is 2. The summed E-state index contributed by atoms with van der Waals surface area (Å²) in [5.41, 5.74) is 1.21. The second-order valence-electron chi connectivity index (χ2n) is 4.36. The molecule has 0 bridgehead atoms. The van der Waals surface area contributed by atoms with Crippen molar-refractivity contribution in [2.24, 2.45) is 0 Å². The first-order chi connectivity index (χ1) is 9.44. The highest BCUT2D eigenvalue weighted by molar-refractivity contribution is 8.27. The van der Waals surface area contributed by atoms with E-state index in [1.807, 2.05) is 24.3 Å². The lowest BCUT2D eigenvalue weighted by molar-refractivity contribution is 0.293. The summed E-state index contributed by atoms with van der Waals surface area (Å²) in [6, 6.07) is 8.21. The zero-order valence-electron chi connectivity index (χ0n) is 11.7. The van der Waals surface area contributed by atoms with Gasteiger partial charge in [0.15, 0.2) is 0 Å². The van der Waals surface area contributed by atoms with Crippen LogP contribution in [-0.4, -0.2) is 35.1 Å². The van der Waals surface area contributed by atoms with Crippen molar-refractivity contribution in [2.75, 3.05) is 20.3 Å². The maximum atomic E-state index is 10.8. The molecule has 0 radical (unpaired) electrons. The lowest BCUT2D eigenvalue weighted by Crippen LogP contribution is -2.33. The summed E-state index contributed by atoms with van der Waals surface area (Å²) < 4.78 is 29.3. The van der Waals surface area contributed by atoms with Crippen molar-refractivity contribution in [1.82, 2.24) is 5.32 Å². The molecule has 0 aliphatic rings. The van der Waals surface area contributed by atoms with Gasteiger partial charge < -0.3 is 10.1 Å². The van der Waals surface area contributed by atoms with Crippen molar-refractivity contribution < 1.29 is 17.7 Å². The van der Waals surface area contributed by atoms with Crippen LogP contribution >= 0.6 is 0 Å². The third-order valence-electron chi connectivity index (χ3n) is 2.90. The Kier molecular flexibility index (Phi) is 7.39. The van der Waals surface area contributed by atoms with Crippen LogP contribution in [0.2, 0.25) is 0 Å². The maximum Gasteiger partial charge on any atom is 0.266 e. The normalized spacial score (nSPS) is 15.6. The van der Waals surface area contributed by atoms with E-state index in [4.69, 9.17) is 9.29 Å². The van der Waals surface area contributed by atoms with Crippen molar-refractivity contribution in [3.8, 4) is 5.75 Å². The molecule has 0 aliphatic heterocycles. The maximum absolute atomic E-state index is 10.8. The van der Waals surface area contributed by atoms with E-state index in [9.17, 15) is 4.21 Å². The molecule has 1 aromatic carbocycles. The summed E-state index contributed by atoms with van der Waals surface area (Å²) in [4.78, 5) is 0. The lowest BCUT2D eigenvalue weighted by atomic mass is 10.0. The minimum Gasteiger partial charge on any atom is -0.497 e. The zero-order chi connectivity index (χ0) is 15.0. The molecule has 7 heteroatoms. The second-order valence-corrected chi connectivity index (χ2v) is 6.72. The van der Waals surface area contributed by atoms with Crippen LogP contribution < -0.4 is 10.1 Å². The number of hydrogen-bond acceptors (Lipinski definition) is 5. The van der Waals surface area contributed by atoms with E-state index in [0.717, 1.165) is 18.6 Å². The van der Waals surface area contributed by atoms with Gasteiger partial charge in [-0.15, -0.1) is 0 Å². The topological polar surface area (TPSA) is 67.8 Å². The molecule has 0 amide bonds. The van der Waals surface area contributed by atoms with E-state index in [2.05, 4.69) is 27.6 Å². The predicted octanol–water partition coefficient (Wildman–Crippen LogP) is 1.76. The van der Waals surface area contributed by atoms with Crippen LogP contribution in [0.1, 0.15) is 18.9 Å². The van der Waals surface area contributed by atoms with Gasteiger partial charge in [0, 0.05) is 23.8 Å². The molecule has 1 rings (SSSR count). The van der Waals surface area contributed by atoms with Crippen molar-refractivity contribution in [3.63, 3.8) is 0 Å². The van der Waals surface area contributed by atoms with E-state index in [1.54, 1.807) is 7.11 Å². The SMILES string of the molecule is CC[C@@H](Cc1ccc(OC)cc1)NCCOS(=O)(O)=S. The number of methoxy groups -OCH3 is 1. The van der Waals surface area contributed by atoms with Crippen LogP contribution in [0.15, 0.2) is 24.3 Å². The van der Waals surface area contributed by atoms with Crippen molar-refractivity contribution in [3.05, 3.63) is 29.8 Å². The van der Waals surface area contributed by atoms with E-state index in [-0.39, 0.29) is 12.6 Å². The van der Waals surface area contributed by atoms with Crippen LogP contribution in [0, 0.1) is 0 Å². The molecule has 2 N–H and O–H groups in total. The molecule has 2 atom stereocenters. The van der Waals surface area contributed by atoms with Crippen LogP contribution in [0.4, 0.5) is 0 Å². The van der Waals surface area contributed by atoms with Gasteiger partial charge in [0.2, 0.25) is 0 Å². The van der Waals surface area contributed by atoms with Gasteiger partial charge in [-0.05, 0) is 30.5 Å². The molecule has 114 valence electrons. The summed E-state index contributed by atoms with van der Waals surface area (Å²) in [6.45, 7) is 2.70. The Balaban J connectivity index is 2.38. The average molecular weight is 319 g/mol. The van der Waals surface area contributed by atoms with Gasteiger partial charge in [0.25, 0.3) is 9.05 Å². The summed E-state index contributed by atoms with van der Waals surface area (Å²) in [5.74, 6) is 0.839. The van der Waals surface area contributed by atoms with Crippen LogP contribution in [-0.2, 0) is 30.8 Å². The van der Waals surface area contributed by atoms with Crippen molar-refractivity contribution >= 4 is 20.2 Å². The van der Waals surface area contributed by atoms with Gasteiger partial charge in [0.05, 0.1) is 13.7 Å². The van der Waals surface area contributed by atoms with Gasteiger partial charge in [0.1, 0.15) is 5.75 Å². The van der Waals surface area contributed by atoms with Gasteiger partial charge in [-0.25, -0.2) is 0 Å². The predicted molar refractivity (Wildman–Crippen MR) is 82.9 cm³/mol. The molecule has 0 fully saturated rings. The molecule has 0 saturated carbocycles. The Labute approximate surface area is 125 Å². The highest BCUT2D eigenvalue weighted by Gasteiger charge is 2.07. The van der Waals surface area contributed by atoms with Gasteiger partial charge in [-0.1, -0.05) is 19.1 Å². The third-order valence-corrected chi connectivity index (χ3v) is 3.65. The van der Waals surface area contributed by atoms with Crippen LogP contribution in [0.5, 0.6) is 5.75 Å². The van der Waals surface area contributed by atoms with E-state index in [0.29, 0.717) is 6.54 Å². The molecule has 1 aromatic rings. The number of ether oxygens (including phenoxy) is 1. The zero-order valence-corrected chi connectivity index (χ0v) is 13.3. The molecule has 20 heavy (non-hydrogen) atoms. The minimum atomic E-state index is -3.52. The number of benzene rings is 1. The van der Waals surface area contributed by atoms with Crippen molar-refractivity contribution in [2.45, 2.75) is 25.8 Å². The molecular formula is C13H21NO4S2. The fraction of sp³-hybridized carbons (Fsp3) is 0.538. The van der Waals surface area contributed by atoms with Crippen LogP contribution in [0.3, 0.4) is 0 Å². The third kappa shape index (κ3) is 7.16. The fourth-order valence-electron chi connectivity index (χ4n) is 1.82. The smallest absolute Gasteiger partial charge is 0.266 e. The Morgan fingerprint density at radius 3 is 2.55 bits per heavy atom. The van der Waals surface area contributed by atoms with E-state index in [1.165, 1.54) is 5.56 Å². The molecule has 1 unspecified atom stereocenters. The quantitative estimate of drug-likeness (QED) is 0.676. The Hall–Kier alpha value is -0.730. The lowest BCUT2D eigenvalue weighted by Gasteiger charge is -2.17. The molecule has 0 heterocycles. The first kappa shape index (κ1) is 17.3. The second kappa shape index (κ2) is 8.53. The summed E-state index contributed by atoms with van der Waals surface area (Å²) >= 11 is 4.24. The standard InChI is InChI=1S/C13H21NO4S2/c1-3-12(14-8-9-18-20(15,16)19)10-11-4-6-13(17-2)7-5-11/h4-7,12,14H,3,8-10H2,1-2H3,(H,15,16,19)/t12-/m0/s1. The Morgan fingerprint density at radius 1 is 1.40 bits per heavy atom. The molecule has 0 aromatic heterocycles. The highest BCUT2D eigenvalue weighted by Crippen LogP contribution is 2.13. The Bertz CT molecular complexity index is 488.